The number of benzene rings is 1. The highest BCUT2D eigenvalue weighted by Crippen LogP contribution is 2.21. The van der Waals surface area contributed by atoms with Crippen molar-refractivity contribution in [1.82, 2.24) is 4.98 Å². The summed E-state index contributed by atoms with van der Waals surface area (Å²) in [6.07, 6.45) is 1.02. The Labute approximate surface area is 91.4 Å². The maximum absolute atomic E-state index is 5.16. The van der Waals surface area contributed by atoms with Gasteiger partial charge in [-0.3, -0.25) is 0 Å². The number of aromatic amines is 1. The van der Waals surface area contributed by atoms with Crippen LogP contribution >= 0.6 is 15.9 Å². The quantitative estimate of drug-likeness (QED) is 0.836. The molecule has 1 heterocycles. The van der Waals surface area contributed by atoms with Crippen molar-refractivity contribution in [3.63, 3.8) is 0 Å². The van der Waals surface area contributed by atoms with Crippen molar-refractivity contribution in [1.29, 1.82) is 0 Å². The third-order valence-electron chi connectivity index (χ3n) is 2.25. The second-order valence-electron chi connectivity index (χ2n) is 3.19. The molecule has 0 fully saturated rings. The first-order valence-corrected chi connectivity index (χ1v) is 5.67. The molecule has 0 atom stereocenters. The molecule has 14 heavy (non-hydrogen) atoms. The minimum atomic E-state index is 0.893. The number of alkyl halides is 1. The summed E-state index contributed by atoms with van der Waals surface area (Å²) in [5.74, 6) is 0.893. The Kier molecular flexibility index (Phi) is 2.77. The van der Waals surface area contributed by atoms with Crippen LogP contribution in [0.2, 0.25) is 0 Å². The number of rotatable bonds is 3. The van der Waals surface area contributed by atoms with Gasteiger partial charge in [0.15, 0.2) is 0 Å². The highest BCUT2D eigenvalue weighted by molar-refractivity contribution is 9.09. The van der Waals surface area contributed by atoms with Crippen molar-refractivity contribution in [3.05, 3.63) is 30.0 Å². The number of methoxy groups -OCH3 is 1. The summed E-state index contributed by atoms with van der Waals surface area (Å²) in [6, 6.07) is 8.25. The number of fused-ring (bicyclic) bond motifs is 1. The standard InChI is InChI=1S/C11H12BrNO/c1-14-10-3-2-8-6-9(4-5-12)13-11(8)7-10/h2-3,6-7,13H,4-5H2,1H3. The van der Waals surface area contributed by atoms with Gasteiger partial charge < -0.3 is 9.72 Å². The predicted molar refractivity (Wildman–Crippen MR) is 62.3 cm³/mol. The molecular formula is C11H12BrNO. The van der Waals surface area contributed by atoms with Gasteiger partial charge in [-0.05, 0) is 30.0 Å². The number of aromatic nitrogens is 1. The van der Waals surface area contributed by atoms with E-state index >= 15 is 0 Å². The van der Waals surface area contributed by atoms with Gasteiger partial charge in [-0.25, -0.2) is 0 Å². The lowest BCUT2D eigenvalue weighted by atomic mass is 10.2. The Morgan fingerprint density at radius 2 is 2.21 bits per heavy atom. The Morgan fingerprint density at radius 3 is 2.93 bits per heavy atom. The maximum Gasteiger partial charge on any atom is 0.120 e. The molecule has 74 valence electrons. The molecule has 0 unspecified atom stereocenters. The van der Waals surface area contributed by atoms with Gasteiger partial charge in [0.2, 0.25) is 0 Å². The summed E-state index contributed by atoms with van der Waals surface area (Å²) in [5, 5.41) is 2.22. The van der Waals surface area contributed by atoms with Crippen molar-refractivity contribution >= 4 is 26.8 Å². The van der Waals surface area contributed by atoms with Crippen molar-refractivity contribution in [2.24, 2.45) is 0 Å². The summed E-state index contributed by atoms with van der Waals surface area (Å²) in [6.45, 7) is 0. The van der Waals surface area contributed by atoms with Crippen molar-refractivity contribution in [2.45, 2.75) is 6.42 Å². The highest BCUT2D eigenvalue weighted by atomic mass is 79.9. The van der Waals surface area contributed by atoms with Crippen LogP contribution in [0.3, 0.4) is 0 Å². The number of aryl methyl sites for hydroxylation is 1. The van der Waals surface area contributed by atoms with Gasteiger partial charge in [-0.1, -0.05) is 15.9 Å². The van der Waals surface area contributed by atoms with E-state index in [0.717, 1.165) is 23.0 Å². The zero-order valence-corrected chi connectivity index (χ0v) is 9.60. The van der Waals surface area contributed by atoms with Gasteiger partial charge in [0, 0.05) is 22.6 Å². The van der Waals surface area contributed by atoms with E-state index in [1.807, 2.05) is 12.1 Å². The van der Waals surface area contributed by atoms with Crippen LogP contribution in [-0.2, 0) is 6.42 Å². The molecule has 0 aliphatic carbocycles. The molecule has 0 aliphatic rings. The number of hydrogen-bond donors (Lipinski definition) is 1. The van der Waals surface area contributed by atoms with Crippen LogP contribution in [0.4, 0.5) is 0 Å². The predicted octanol–water partition coefficient (Wildman–Crippen LogP) is 3.11. The monoisotopic (exact) mass is 253 g/mol. The summed E-state index contributed by atoms with van der Waals surface area (Å²) in [7, 11) is 1.68. The van der Waals surface area contributed by atoms with Gasteiger partial charge >= 0.3 is 0 Å². The van der Waals surface area contributed by atoms with Gasteiger partial charge in [0.1, 0.15) is 5.75 Å². The molecule has 0 saturated carbocycles. The molecule has 0 radical (unpaired) electrons. The summed E-state index contributed by atoms with van der Waals surface area (Å²) in [5.41, 5.74) is 2.39. The second kappa shape index (κ2) is 4.05. The van der Waals surface area contributed by atoms with Crippen LogP contribution in [0, 0.1) is 0 Å². The van der Waals surface area contributed by atoms with Crippen LogP contribution < -0.4 is 4.74 Å². The smallest absolute Gasteiger partial charge is 0.120 e. The van der Waals surface area contributed by atoms with E-state index in [2.05, 4.69) is 33.0 Å². The number of nitrogens with one attached hydrogen (secondary N) is 1. The van der Waals surface area contributed by atoms with E-state index in [4.69, 9.17) is 4.74 Å². The summed E-state index contributed by atoms with van der Waals surface area (Å²) in [4.78, 5) is 3.36. The molecule has 0 saturated heterocycles. The minimum absolute atomic E-state index is 0.893. The molecular weight excluding hydrogens is 242 g/mol. The van der Waals surface area contributed by atoms with E-state index in [0.29, 0.717) is 0 Å². The van der Waals surface area contributed by atoms with Gasteiger partial charge in [-0.2, -0.15) is 0 Å². The van der Waals surface area contributed by atoms with E-state index in [1.54, 1.807) is 7.11 Å². The van der Waals surface area contributed by atoms with Crippen LogP contribution in [0.15, 0.2) is 24.3 Å². The van der Waals surface area contributed by atoms with E-state index in [9.17, 15) is 0 Å². The Morgan fingerprint density at radius 1 is 1.36 bits per heavy atom. The average Bonchev–Trinajstić information content (AvgIpc) is 2.59. The normalized spacial score (nSPS) is 10.7. The molecule has 2 aromatic rings. The zero-order chi connectivity index (χ0) is 9.97. The maximum atomic E-state index is 5.16. The second-order valence-corrected chi connectivity index (χ2v) is 3.98. The molecule has 0 bridgehead atoms. The van der Waals surface area contributed by atoms with E-state index < -0.39 is 0 Å². The molecule has 1 aromatic carbocycles. The summed E-state index contributed by atoms with van der Waals surface area (Å²) >= 11 is 3.43. The zero-order valence-electron chi connectivity index (χ0n) is 8.01. The van der Waals surface area contributed by atoms with E-state index in [1.165, 1.54) is 11.1 Å². The minimum Gasteiger partial charge on any atom is -0.497 e. The number of hydrogen-bond acceptors (Lipinski definition) is 1. The van der Waals surface area contributed by atoms with Crippen LogP contribution in [0.25, 0.3) is 10.9 Å². The first-order chi connectivity index (χ1) is 6.83. The van der Waals surface area contributed by atoms with Crippen LogP contribution in [0.5, 0.6) is 5.75 Å². The SMILES string of the molecule is COc1ccc2cc(CCBr)[nH]c2c1. The van der Waals surface area contributed by atoms with Gasteiger partial charge in [-0.15, -0.1) is 0 Å². The highest BCUT2D eigenvalue weighted by Gasteiger charge is 2.01. The Hall–Kier alpha value is -0.960. The largest absolute Gasteiger partial charge is 0.497 e. The van der Waals surface area contributed by atoms with Crippen LogP contribution in [-0.4, -0.2) is 17.4 Å². The van der Waals surface area contributed by atoms with Gasteiger partial charge in [0.05, 0.1) is 7.11 Å². The third kappa shape index (κ3) is 1.77. The molecule has 0 spiro atoms. The molecule has 1 N–H and O–H groups in total. The first-order valence-electron chi connectivity index (χ1n) is 4.55. The van der Waals surface area contributed by atoms with E-state index in [-0.39, 0.29) is 0 Å². The Bertz CT molecular complexity index is 436. The third-order valence-corrected chi connectivity index (χ3v) is 2.65. The van der Waals surface area contributed by atoms with Crippen molar-refractivity contribution in [3.8, 4) is 5.75 Å². The number of H-pyrrole nitrogens is 1. The number of ether oxygens (including phenoxy) is 1. The van der Waals surface area contributed by atoms with Crippen LogP contribution in [0.1, 0.15) is 5.69 Å². The lowest BCUT2D eigenvalue weighted by molar-refractivity contribution is 0.415. The van der Waals surface area contributed by atoms with Crippen molar-refractivity contribution in [2.75, 3.05) is 12.4 Å². The fourth-order valence-electron chi connectivity index (χ4n) is 1.53. The lowest BCUT2D eigenvalue weighted by Gasteiger charge is -1.97. The average molecular weight is 254 g/mol. The molecule has 2 nitrogen and oxygen atoms in total. The fourth-order valence-corrected chi connectivity index (χ4v) is 1.96. The lowest BCUT2D eigenvalue weighted by Crippen LogP contribution is -1.83. The molecule has 2 rings (SSSR count). The number of halogens is 1. The first kappa shape index (κ1) is 9.59. The molecule has 0 amide bonds. The van der Waals surface area contributed by atoms with Gasteiger partial charge in [0.25, 0.3) is 0 Å². The molecule has 3 heteroatoms. The molecule has 0 aliphatic heterocycles. The Balaban J connectivity index is 2.43. The summed E-state index contributed by atoms with van der Waals surface area (Å²) < 4.78 is 5.16. The van der Waals surface area contributed by atoms with Crippen molar-refractivity contribution < 1.29 is 4.74 Å². The fraction of sp³-hybridized carbons (Fsp3) is 0.273. The topological polar surface area (TPSA) is 25.0 Å². The molecule has 1 aromatic heterocycles.